The van der Waals surface area contributed by atoms with Gasteiger partial charge >= 0.3 is 0 Å². The lowest BCUT2D eigenvalue weighted by molar-refractivity contribution is 0.102. The van der Waals surface area contributed by atoms with Crippen LogP contribution in [0.3, 0.4) is 0 Å². The van der Waals surface area contributed by atoms with Gasteiger partial charge in [-0.3, -0.25) is 4.79 Å². The van der Waals surface area contributed by atoms with E-state index in [0.29, 0.717) is 11.4 Å². The molecule has 0 atom stereocenters. The lowest BCUT2D eigenvalue weighted by Crippen LogP contribution is -2.22. The van der Waals surface area contributed by atoms with Gasteiger partial charge in [0.15, 0.2) is 0 Å². The second kappa shape index (κ2) is 8.44. The first-order valence-electron chi connectivity index (χ1n) is 9.76. The summed E-state index contributed by atoms with van der Waals surface area (Å²) < 4.78 is 29.2. The maximum Gasteiger partial charge on any atom is 0.260 e. The zero-order valence-corrected chi connectivity index (χ0v) is 17.2. The number of anilines is 2. The van der Waals surface area contributed by atoms with Crippen molar-refractivity contribution in [2.45, 2.75) is 26.3 Å². The molecular formula is C22H21ClF2N4O. The number of hydrogen-bond donors (Lipinski definition) is 1. The fraction of sp³-hybridized carbons (Fsp3) is 0.273. The summed E-state index contributed by atoms with van der Waals surface area (Å²) in [6.07, 6.45) is 2.07. The Labute approximate surface area is 178 Å². The van der Waals surface area contributed by atoms with Crippen LogP contribution in [0, 0.1) is 18.6 Å². The standard InChI is InChI=1S/C22H21ClF2N4O/c1-14-19(21(23)29(27-14)13-15-7-9-16(24)10-8-15)22(30)26-20-17(25)5-4-6-18(20)28-11-2-3-12-28/h4-10H,2-3,11-13H2,1H3,(H,26,30). The number of nitrogens with zero attached hydrogens (tertiary/aromatic N) is 3. The molecule has 1 N–H and O–H groups in total. The summed E-state index contributed by atoms with van der Waals surface area (Å²) in [5.41, 5.74) is 2.21. The second-order valence-electron chi connectivity index (χ2n) is 7.32. The van der Waals surface area contributed by atoms with Crippen LogP contribution in [-0.4, -0.2) is 28.8 Å². The van der Waals surface area contributed by atoms with E-state index in [4.69, 9.17) is 11.6 Å². The van der Waals surface area contributed by atoms with Crippen LogP contribution in [0.15, 0.2) is 42.5 Å². The van der Waals surface area contributed by atoms with E-state index in [1.54, 1.807) is 31.2 Å². The van der Waals surface area contributed by atoms with Crippen molar-refractivity contribution in [3.05, 3.63) is 76.1 Å². The molecule has 156 valence electrons. The molecule has 0 unspecified atom stereocenters. The molecule has 30 heavy (non-hydrogen) atoms. The minimum Gasteiger partial charge on any atom is -0.370 e. The average Bonchev–Trinajstić information content (AvgIpc) is 3.34. The summed E-state index contributed by atoms with van der Waals surface area (Å²) in [7, 11) is 0. The van der Waals surface area contributed by atoms with Crippen molar-refractivity contribution >= 4 is 28.9 Å². The highest BCUT2D eigenvalue weighted by molar-refractivity contribution is 6.33. The van der Waals surface area contributed by atoms with E-state index in [1.165, 1.54) is 22.9 Å². The first-order valence-corrected chi connectivity index (χ1v) is 10.1. The molecular weight excluding hydrogens is 410 g/mol. The summed E-state index contributed by atoms with van der Waals surface area (Å²) >= 11 is 6.44. The van der Waals surface area contributed by atoms with Gasteiger partial charge in [0.2, 0.25) is 0 Å². The van der Waals surface area contributed by atoms with Crippen LogP contribution >= 0.6 is 11.6 Å². The Kier molecular flexibility index (Phi) is 5.72. The highest BCUT2D eigenvalue weighted by Gasteiger charge is 2.24. The first kappa shape index (κ1) is 20.3. The number of rotatable bonds is 5. The molecule has 5 nitrogen and oxygen atoms in total. The molecule has 1 aliphatic heterocycles. The summed E-state index contributed by atoms with van der Waals surface area (Å²) in [6.45, 7) is 3.60. The van der Waals surface area contributed by atoms with E-state index in [-0.39, 0.29) is 28.8 Å². The molecule has 3 aromatic rings. The number of amides is 1. The molecule has 4 rings (SSSR count). The third kappa shape index (κ3) is 4.03. The molecule has 1 aliphatic rings. The average molecular weight is 431 g/mol. The number of carbonyl (C=O) groups excluding carboxylic acids is 1. The number of halogens is 3. The summed E-state index contributed by atoms with van der Waals surface area (Å²) in [5.74, 6) is -1.35. The lowest BCUT2D eigenvalue weighted by atomic mass is 10.2. The van der Waals surface area contributed by atoms with E-state index in [2.05, 4.69) is 15.3 Å². The van der Waals surface area contributed by atoms with Gasteiger partial charge in [0, 0.05) is 13.1 Å². The zero-order valence-electron chi connectivity index (χ0n) is 16.5. The Balaban J connectivity index is 1.60. The number of aryl methyl sites for hydroxylation is 1. The van der Waals surface area contributed by atoms with Crippen molar-refractivity contribution in [1.29, 1.82) is 0 Å². The molecule has 1 aromatic heterocycles. The third-order valence-electron chi connectivity index (χ3n) is 5.21. The molecule has 0 bridgehead atoms. The van der Waals surface area contributed by atoms with Gasteiger partial charge in [0.1, 0.15) is 22.5 Å². The van der Waals surface area contributed by atoms with Crippen molar-refractivity contribution in [3.8, 4) is 0 Å². The quantitative estimate of drug-likeness (QED) is 0.618. The second-order valence-corrected chi connectivity index (χ2v) is 7.68. The van der Waals surface area contributed by atoms with Crippen LogP contribution in [0.4, 0.5) is 20.2 Å². The fourth-order valence-electron chi connectivity index (χ4n) is 3.71. The van der Waals surface area contributed by atoms with Crippen LogP contribution in [-0.2, 0) is 6.54 Å². The Morgan fingerprint density at radius 2 is 1.83 bits per heavy atom. The van der Waals surface area contributed by atoms with Crippen molar-refractivity contribution < 1.29 is 13.6 Å². The van der Waals surface area contributed by atoms with E-state index in [0.717, 1.165) is 31.5 Å². The molecule has 8 heteroatoms. The van der Waals surface area contributed by atoms with Gasteiger partial charge in [-0.1, -0.05) is 29.8 Å². The third-order valence-corrected chi connectivity index (χ3v) is 5.60. The normalized spacial score (nSPS) is 13.7. The predicted octanol–water partition coefficient (Wildman–Crippen LogP) is 5.02. The van der Waals surface area contributed by atoms with Gasteiger partial charge in [0.25, 0.3) is 5.91 Å². The Bertz CT molecular complexity index is 1080. The van der Waals surface area contributed by atoms with Crippen molar-refractivity contribution in [3.63, 3.8) is 0 Å². The highest BCUT2D eigenvalue weighted by atomic mass is 35.5. The Morgan fingerprint density at radius 3 is 2.53 bits per heavy atom. The number of aromatic nitrogens is 2. The zero-order chi connectivity index (χ0) is 21.3. The Hall–Kier alpha value is -2.93. The summed E-state index contributed by atoms with van der Waals surface area (Å²) in [5, 5.41) is 7.18. The molecule has 0 spiro atoms. The largest absolute Gasteiger partial charge is 0.370 e. The van der Waals surface area contributed by atoms with Gasteiger partial charge in [-0.05, 0) is 49.6 Å². The molecule has 0 aliphatic carbocycles. The molecule has 0 radical (unpaired) electrons. The molecule has 2 heterocycles. The number of hydrogen-bond acceptors (Lipinski definition) is 3. The van der Waals surface area contributed by atoms with E-state index < -0.39 is 11.7 Å². The monoisotopic (exact) mass is 430 g/mol. The van der Waals surface area contributed by atoms with E-state index in [9.17, 15) is 13.6 Å². The smallest absolute Gasteiger partial charge is 0.260 e. The lowest BCUT2D eigenvalue weighted by Gasteiger charge is -2.22. The van der Waals surface area contributed by atoms with Gasteiger partial charge in [-0.2, -0.15) is 5.10 Å². The van der Waals surface area contributed by atoms with Crippen molar-refractivity contribution in [2.75, 3.05) is 23.3 Å². The number of benzene rings is 2. The fourth-order valence-corrected chi connectivity index (χ4v) is 4.03. The van der Waals surface area contributed by atoms with Gasteiger partial charge in [0.05, 0.1) is 23.5 Å². The SMILES string of the molecule is Cc1nn(Cc2ccc(F)cc2)c(Cl)c1C(=O)Nc1c(F)cccc1N1CCCC1. The van der Waals surface area contributed by atoms with Gasteiger partial charge in [-0.25, -0.2) is 13.5 Å². The minimum absolute atomic E-state index is 0.145. The van der Waals surface area contributed by atoms with Gasteiger partial charge < -0.3 is 10.2 Å². The summed E-state index contributed by atoms with van der Waals surface area (Å²) in [6, 6.07) is 10.7. The molecule has 1 saturated heterocycles. The topological polar surface area (TPSA) is 50.2 Å². The number of para-hydroxylation sites is 1. The van der Waals surface area contributed by atoms with Crippen molar-refractivity contribution in [2.24, 2.45) is 0 Å². The maximum atomic E-state index is 14.6. The van der Waals surface area contributed by atoms with Crippen LogP contribution in [0.2, 0.25) is 5.15 Å². The summed E-state index contributed by atoms with van der Waals surface area (Å²) in [4.78, 5) is 15.1. The number of carbonyl (C=O) groups is 1. The first-order chi connectivity index (χ1) is 14.4. The molecule has 2 aromatic carbocycles. The van der Waals surface area contributed by atoms with Crippen LogP contribution in [0.5, 0.6) is 0 Å². The van der Waals surface area contributed by atoms with Crippen molar-refractivity contribution in [1.82, 2.24) is 9.78 Å². The highest BCUT2D eigenvalue weighted by Crippen LogP contribution is 2.32. The molecule has 0 saturated carbocycles. The maximum absolute atomic E-state index is 14.6. The number of nitrogens with one attached hydrogen (secondary N) is 1. The molecule has 1 fully saturated rings. The van der Waals surface area contributed by atoms with Crippen LogP contribution < -0.4 is 10.2 Å². The minimum atomic E-state index is -0.520. The van der Waals surface area contributed by atoms with E-state index >= 15 is 0 Å². The Morgan fingerprint density at radius 1 is 1.13 bits per heavy atom. The van der Waals surface area contributed by atoms with Crippen LogP contribution in [0.1, 0.15) is 34.5 Å². The molecule has 1 amide bonds. The van der Waals surface area contributed by atoms with Crippen LogP contribution in [0.25, 0.3) is 0 Å². The van der Waals surface area contributed by atoms with E-state index in [1.807, 2.05) is 0 Å². The predicted molar refractivity (Wildman–Crippen MR) is 113 cm³/mol. The van der Waals surface area contributed by atoms with Gasteiger partial charge in [-0.15, -0.1) is 0 Å².